The molecule has 0 radical (unpaired) electrons. The molecule has 4 rings (SSSR count). The van der Waals surface area contributed by atoms with Crippen LogP contribution in [0.5, 0.6) is 0 Å². The molecule has 168 valence electrons. The Morgan fingerprint density at radius 3 is 2.55 bits per heavy atom. The Morgan fingerprint density at radius 1 is 1.06 bits per heavy atom. The summed E-state index contributed by atoms with van der Waals surface area (Å²) in [5, 5.41) is 5.06. The molecule has 3 amide bonds. The largest absolute Gasteiger partial charge is 0.452 e. The summed E-state index contributed by atoms with van der Waals surface area (Å²) < 4.78 is 5.32. The second kappa shape index (κ2) is 9.65. The number of nitrogens with one attached hydrogen (secondary N) is 2. The Kier molecular flexibility index (Phi) is 6.49. The lowest BCUT2D eigenvalue weighted by Crippen LogP contribution is -2.39. The minimum Gasteiger partial charge on any atom is -0.452 e. The van der Waals surface area contributed by atoms with Gasteiger partial charge in [0.25, 0.3) is 5.91 Å². The van der Waals surface area contributed by atoms with E-state index in [1.165, 1.54) is 7.05 Å². The van der Waals surface area contributed by atoms with Crippen LogP contribution < -0.4 is 10.6 Å². The van der Waals surface area contributed by atoms with Gasteiger partial charge in [0.05, 0.1) is 16.8 Å². The Hall–Kier alpha value is -4.00. The minimum atomic E-state index is -0.701. The first-order valence-electron chi connectivity index (χ1n) is 10.8. The van der Waals surface area contributed by atoms with Crippen LogP contribution in [-0.2, 0) is 16.0 Å². The van der Waals surface area contributed by atoms with Crippen molar-refractivity contribution in [1.29, 1.82) is 0 Å². The fourth-order valence-corrected chi connectivity index (χ4v) is 4.15. The van der Waals surface area contributed by atoms with Crippen LogP contribution in [0.3, 0.4) is 0 Å². The Balaban J connectivity index is 1.76. The van der Waals surface area contributed by atoms with Gasteiger partial charge in [-0.05, 0) is 47.6 Å². The molecule has 2 aromatic carbocycles. The van der Waals surface area contributed by atoms with E-state index in [2.05, 4.69) is 23.6 Å². The van der Waals surface area contributed by atoms with Gasteiger partial charge in [-0.2, -0.15) is 0 Å². The molecule has 7 nitrogen and oxygen atoms in total. The smallest absolute Gasteiger partial charge is 0.339 e. The summed E-state index contributed by atoms with van der Waals surface area (Å²) >= 11 is 0. The van der Waals surface area contributed by atoms with Gasteiger partial charge >= 0.3 is 12.0 Å². The molecule has 0 saturated carbocycles. The van der Waals surface area contributed by atoms with Gasteiger partial charge < -0.3 is 10.1 Å². The van der Waals surface area contributed by atoms with Crippen LogP contribution in [0.15, 0.2) is 54.6 Å². The van der Waals surface area contributed by atoms with E-state index in [0.717, 1.165) is 28.8 Å². The minimum absolute atomic E-state index is 0.304. The van der Waals surface area contributed by atoms with Crippen LogP contribution in [0.2, 0.25) is 0 Å². The first-order chi connectivity index (χ1) is 16.0. The number of amides is 3. The third kappa shape index (κ3) is 4.92. The van der Waals surface area contributed by atoms with Gasteiger partial charge in [-0.1, -0.05) is 55.5 Å². The van der Waals surface area contributed by atoms with Crippen molar-refractivity contribution in [2.45, 2.75) is 19.8 Å². The zero-order valence-electron chi connectivity index (χ0n) is 18.6. The van der Waals surface area contributed by atoms with Crippen molar-refractivity contribution in [3.05, 3.63) is 77.0 Å². The lowest BCUT2D eigenvalue weighted by molar-refractivity contribution is -0.123. The molecule has 1 unspecified atom stereocenters. The van der Waals surface area contributed by atoms with Crippen LogP contribution in [-0.4, -0.2) is 36.5 Å². The van der Waals surface area contributed by atoms with Gasteiger partial charge in [-0.25, -0.2) is 14.6 Å². The van der Waals surface area contributed by atoms with Crippen molar-refractivity contribution >= 4 is 40.5 Å². The second-order valence-corrected chi connectivity index (χ2v) is 8.13. The average Bonchev–Trinajstić information content (AvgIpc) is 2.82. The van der Waals surface area contributed by atoms with Crippen LogP contribution in [0.1, 0.15) is 40.5 Å². The zero-order chi connectivity index (χ0) is 23.4. The summed E-state index contributed by atoms with van der Waals surface area (Å²) in [6.07, 6.45) is 3.63. The highest BCUT2D eigenvalue weighted by atomic mass is 16.5. The number of allylic oxidation sites excluding steroid dienone is 1. The number of hydrogen-bond acceptors (Lipinski definition) is 5. The van der Waals surface area contributed by atoms with Crippen molar-refractivity contribution < 1.29 is 19.1 Å². The summed E-state index contributed by atoms with van der Waals surface area (Å²) in [6, 6.07) is 16.8. The van der Waals surface area contributed by atoms with E-state index in [1.54, 1.807) is 0 Å². The molecule has 1 aliphatic carbocycles. The quantitative estimate of drug-likeness (QED) is 0.595. The molecule has 1 aromatic heterocycles. The molecular weight excluding hydrogens is 418 g/mol. The van der Waals surface area contributed by atoms with Gasteiger partial charge in [0.15, 0.2) is 6.61 Å². The highest BCUT2D eigenvalue weighted by molar-refractivity contribution is 6.07. The fraction of sp³-hybridized carbons (Fsp3) is 0.231. The van der Waals surface area contributed by atoms with Crippen LogP contribution in [0, 0.1) is 5.92 Å². The van der Waals surface area contributed by atoms with Gasteiger partial charge in [0.2, 0.25) is 0 Å². The lowest BCUT2D eigenvalue weighted by Gasteiger charge is -2.26. The maximum atomic E-state index is 13.2. The topological polar surface area (TPSA) is 97.4 Å². The third-order valence-corrected chi connectivity index (χ3v) is 5.58. The molecule has 1 aliphatic rings. The molecule has 33 heavy (non-hydrogen) atoms. The van der Waals surface area contributed by atoms with E-state index in [-0.39, 0.29) is 0 Å². The van der Waals surface area contributed by atoms with Crippen LogP contribution in [0.25, 0.3) is 22.6 Å². The number of nitrogens with zero attached hydrogens (tertiary/aromatic N) is 1. The molecule has 0 aliphatic heterocycles. The number of para-hydroxylation sites is 1. The summed E-state index contributed by atoms with van der Waals surface area (Å²) in [5.74, 6) is -1.00. The maximum absolute atomic E-state index is 13.2. The lowest BCUT2D eigenvalue weighted by atomic mass is 9.80. The highest BCUT2D eigenvalue weighted by Crippen LogP contribution is 2.38. The average molecular weight is 444 g/mol. The SMILES string of the molecule is CNC(=O)NC(=O)COC(=O)c1c2c(nc3ccccc13)C(=Cc1ccccc1)CC(C)C2. The standard InChI is InChI=1S/C26H25N3O4/c1-16-12-18(14-17-8-4-3-5-9-17)24-20(13-16)23(19-10-6-7-11-21(19)28-24)25(31)33-15-22(30)29-26(32)27-2/h3-11,14,16H,12-13,15H2,1-2H3,(H2,27,29,30,32). The molecule has 0 spiro atoms. The summed E-state index contributed by atoms with van der Waals surface area (Å²) in [7, 11) is 1.39. The van der Waals surface area contributed by atoms with Crippen LogP contribution in [0.4, 0.5) is 4.79 Å². The molecular formula is C26H25N3O4. The van der Waals surface area contributed by atoms with Crippen molar-refractivity contribution in [2.24, 2.45) is 5.92 Å². The summed E-state index contributed by atoms with van der Waals surface area (Å²) in [5.41, 5.74) is 4.86. The van der Waals surface area contributed by atoms with Crippen molar-refractivity contribution in [3.8, 4) is 0 Å². The first kappa shape index (κ1) is 22.2. The van der Waals surface area contributed by atoms with E-state index in [1.807, 2.05) is 54.6 Å². The van der Waals surface area contributed by atoms with Gasteiger partial charge in [-0.15, -0.1) is 0 Å². The van der Waals surface area contributed by atoms with Gasteiger partial charge in [0.1, 0.15) is 0 Å². The predicted molar refractivity (Wildman–Crippen MR) is 126 cm³/mol. The first-order valence-corrected chi connectivity index (χ1v) is 10.8. The summed E-state index contributed by atoms with van der Waals surface area (Å²) in [4.78, 5) is 41.4. The van der Waals surface area contributed by atoms with Crippen molar-refractivity contribution in [2.75, 3.05) is 13.7 Å². The number of rotatable bonds is 4. The number of fused-ring (bicyclic) bond motifs is 2. The predicted octanol–water partition coefficient (Wildman–Crippen LogP) is 3.97. The highest BCUT2D eigenvalue weighted by Gasteiger charge is 2.29. The van der Waals surface area contributed by atoms with Crippen LogP contribution >= 0.6 is 0 Å². The Morgan fingerprint density at radius 2 is 1.79 bits per heavy atom. The maximum Gasteiger partial charge on any atom is 0.339 e. The molecule has 0 fully saturated rings. The van der Waals surface area contributed by atoms with E-state index in [4.69, 9.17) is 9.72 Å². The number of carbonyl (C=O) groups excluding carboxylic acids is 3. The summed E-state index contributed by atoms with van der Waals surface area (Å²) in [6.45, 7) is 1.59. The second-order valence-electron chi connectivity index (χ2n) is 8.13. The number of ether oxygens (including phenoxy) is 1. The van der Waals surface area contributed by atoms with E-state index in [9.17, 15) is 14.4 Å². The molecule has 7 heteroatoms. The molecule has 1 heterocycles. The van der Waals surface area contributed by atoms with Gasteiger partial charge in [-0.3, -0.25) is 10.1 Å². The number of esters is 1. The monoisotopic (exact) mass is 443 g/mol. The number of pyridine rings is 1. The number of imide groups is 1. The number of benzene rings is 2. The fourth-order valence-electron chi connectivity index (χ4n) is 4.15. The Labute approximate surface area is 191 Å². The molecule has 0 bridgehead atoms. The Bertz CT molecular complexity index is 1250. The number of urea groups is 1. The van der Waals surface area contributed by atoms with Crippen molar-refractivity contribution in [3.63, 3.8) is 0 Å². The van der Waals surface area contributed by atoms with Crippen molar-refractivity contribution in [1.82, 2.24) is 15.6 Å². The molecule has 2 N–H and O–H groups in total. The normalized spacial score (nSPS) is 16.2. The van der Waals surface area contributed by atoms with Gasteiger partial charge in [0, 0.05) is 12.4 Å². The molecule has 1 atom stereocenters. The number of hydrogen-bond donors (Lipinski definition) is 2. The molecule has 0 saturated heterocycles. The van der Waals surface area contributed by atoms with E-state index < -0.39 is 24.5 Å². The number of aromatic nitrogens is 1. The number of carbonyl (C=O) groups is 3. The molecule has 3 aromatic rings. The third-order valence-electron chi connectivity index (χ3n) is 5.58. The van der Waals surface area contributed by atoms with E-state index in [0.29, 0.717) is 28.8 Å². The zero-order valence-corrected chi connectivity index (χ0v) is 18.6. The van der Waals surface area contributed by atoms with E-state index >= 15 is 0 Å².